The summed E-state index contributed by atoms with van der Waals surface area (Å²) >= 11 is 1.58. The molecule has 0 aliphatic carbocycles. The van der Waals surface area contributed by atoms with Gasteiger partial charge in [0, 0.05) is 11.9 Å². The van der Waals surface area contributed by atoms with E-state index in [-0.39, 0.29) is 0 Å². The van der Waals surface area contributed by atoms with Gasteiger partial charge in [-0.05, 0) is 13.1 Å². The summed E-state index contributed by atoms with van der Waals surface area (Å²) in [6, 6.07) is 2.11. The average Bonchev–Trinajstić information content (AvgIpc) is 2.63. The molecular formula is C10H15N3S. The molecule has 0 saturated carbocycles. The molecule has 0 radical (unpaired) electrons. The van der Waals surface area contributed by atoms with Gasteiger partial charge in [0.05, 0.1) is 18.2 Å². The third-order valence-corrected chi connectivity index (χ3v) is 3.01. The third kappa shape index (κ3) is 3.09. The molecule has 0 saturated heterocycles. The van der Waals surface area contributed by atoms with E-state index in [1.54, 1.807) is 11.3 Å². The summed E-state index contributed by atoms with van der Waals surface area (Å²) in [5.41, 5.74) is 1.09. The molecule has 0 aliphatic heterocycles. The van der Waals surface area contributed by atoms with E-state index < -0.39 is 0 Å². The number of rotatable bonds is 5. The van der Waals surface area contributed by atoms with E-state index in [9.17, 15) is 0 Å². The van der Waals surface area contributed by atoms with Crippen LogP contribution in [0, 0.1) is 11.3 Å². The minimum Gasteiger partial charge on any atom is -0.298 e. The molecule has 0 unspecified atom stereocenters. The predicted molar refractivity (Wildman–Crippen MR) is 58.1 cm³/mol. The Balaban J connectivity index is 2.55. The first-order valence-electron chi connectivity index (χ1n) is 4.82. The Morgan fingerprint density at radius 3 is 2.79 bits per heavy atom. The molecule has 0 bridgehead atoms. The normalized spacial score (nSPS) is 10.4. The molecule has 3 nitrogen and oxygen atoms in total. The van der Waals surface area contributed by atoms with Crippen LogP contribution in [0.5, 0.6) is 0 Å². The smallest absolute Gasteiger partial charge is 0.107 e. The lowest BCUT2D eigenvalue weighted by Gasteiger charge is -2.15. The lowest BCUT2D eigenvalue weighted by Crippen LogP contribution is -2.22. The summed E-state index contributed by atoms with van der Waals surface area (Å²) in [5, 5.41) is 11.5. The molecule has 14 heavy (non-hydrogen) atoms. The highest BCUT2D eigenvalue weighted by atomic mass is 32.1. The second-order valence-electron chi connectivity index (χ2n) is 3.03. The van der Waals surface area contributed by atoms with Gasteiger partial charge in [-0.2, -0.15) is 5.26 Å². The average molecular weight is 209 g/mol. The highest BCUT2D eigenvalue weighted by molar-refractivity contribution is 7.09. The highest BCUT2D eigenvalue weighted by Gasteiger charge is 2.05. The Bertz CT molecular complexity index is 309. The van der Waals surface area contributed by atoms with Gasteiger partial charge in [-0.3, -0.25) is 4.90 Å². The summed E-state index contributed by atoms with van der Waals surface area (Å²) in [4.78, 5) is 6.70. The topological polar surface area (TPSA) is 39.9 Å². The van der Waals surface area contributed by atoms with Crippen molar-refractivity contribution in [2.24, 2.45) is 0 Å². The van der Waals surface area contributed by atoms with E-state index in [2.05, 4.69) is 29.8 Å². The molecule has 0 N–H and O–H groups in total. The molecule has 0 spiro atoms. The molecule has 1 aromatic heterocycles. The summed E-state index contributed by atoms with van der Waals surface area (Å²) in [7, 11) is 0. The SMILES string of the molecule is CCN(CC)Cc1csc(CC#N)n1. The molecule has 0 amide bonds. The fourth-order valence-electron chi connectivity index (χ4n) is 1.25. The molecule has 0 atom stereocenters. The second-order valence-corrected chi connectivity index (χ2v) is 3.97. The van der Waals surface area contributed by atoms with Crippen molar-refractivity contribution in [3.8, 4) is 6.07 Å². The van der Waals surface area contributed by atoms with Gasteiger partial charge in [-0.15, -0.1) is 11.3 Å². The zero-order valence-corrected chi connectivity index (χ0v) is 9.47. The number of thiazole rings is 1. The van der Waals surface area contributed by atoms with Crippen LogP contribution in [-0.4, -0.2) is 23.0 Å². The van der Waals surface area contributed by atoms with Crippen LogP contribution in [-0.2, 0) is 13.0 Å². The Morgan fingerprint density at radius 2 is 2.21 bits per heavy atom. The quantitative estimate of drug-likeness (QED) is 0.745. The fraction of sp³-hybridized carbons (Fsp3) is 0.600. The Kier molecular flexibility index (Phi) is 4.57. The monoisotopic (exact) mass is 209 g/mol. The van der Waals surface area contributed by atoms with Gasteiger partial charge in [0.2, 0.25) is 0 Å². The number of hydrogen-bond acceptors (Lipinski definition) is 4. The van der Waals surface area contributed by atoms with E-state index in [0.717, 1.165) is 30.3 Å². The molecule has 1 rings (SSSR count). The molecular weight excluding hydrogens is 194 g/mol. The van der Waals surface area contributed by atoms with Crippen molar-refractivity contribution in [3.05, 3.63) is 16.1 Å². The van der Waals surface area contributed by atoms with Crippen LogP contribution in [0.3, 0.4) is 0 Å². The second kappa shape index (κ2) is 5.74. The summed E-state index contributed by atoms with van der Waals surface area (Å²) < 4.78 is 0. The van der Waals surface area contributed by atoms with Crippen LogP contribution in [0.4, 0.5) is 0 Å². The van der Waals surface area contributed by atoms with Gasteiger partial charge in [-0.1, -0.05) is 13.8 Å². The van der Waals surface area contributed by atoms with Crippen molar-refractivity contribution < 1.29 is 0 Å². The van der Waals surface area contributed by atoms with Gasteiger partial charge < -0.3 is 0 Å². The van der Waals surface area contributed by atoms with Gasteiger partial charge in [-0.25, -0.2) is 4.98 Å². The van der Waals surface area contributed by atoms with Crippen molar-refractivity contribution in [3.63, 3.8) is 0 Å². The maximum Gasteiger partial charge on any atom is 0.107 e. The maximum absolute atomic E-state index is 8.51. The number of hydrogen-bond donors (Lipinski definition) is 0. The highest BCUT2D eigenvalue weighted by Crippen LogP contribution is 2.11. The van der Waals surface area contributed by atoms with Gasteiger partial charge in [0.15, 0.2) is 0 Å². The molecule has 0 aromatic carbocycles. The number of nitriles is 1. The largest absolute Gasteiger partial charge is 0.298 e. The van der Waals surface area contributed by atoms with Crippen LogP contribution in [0.25, 0.3) is 0 Å². The fourth-order valence-corrected chi connectivity index (χ4v) is 1.96. The maximum atomic E-state index is 8.51. The van der Waals surface area contributed by atoms with Crippen molar-refractivity contribution in [1.29, 1.82) is 5.26 Å². The van der Waals surface area contributed by atoms with Crippen LogP contribution in [0.1, 0.15) is 24.5 Å². The zero-order chi connectivity index (χ0) is 10.4. The molecule has 4 heteroatoms. The minimum atomic E-state index is 0.433. The number of nitrogens with zero attached hydrogens (tertiary/aromatic N) is 3. The summed E-state index contributed by atoms with van der Waals surface area (Å²) in [6.45, 7) is 7.27. The molecule has 1 heterocycles. The first-order valence-corrected chi connectivity index (χ1v) is 5.70. The van der Waals surface area contributed by atoms with Crippen molar-refractivity contribution >= 4 is 11.3 Å². The third-order valence-electron chi connectivity index (χ3n) is 2.11. The van der Waals surface area contributed by atoms with E-state index in [1.165, 1.54) is 0 Å². The van der Waals surface area contributed by atoms with Gasteiger partial charge in [0.25, 0.3) is 0 Å². The van der Waals surface area contributed by atoms with Crippen LogP contribution >= 0.6 is 11.3 Å². The molecule has 1 aromatic rings. The van der Waals surface area contributed by atoms with E-state index >= 15 is 0 Å². The van der Waals surface area contributed by atoms with Crippen molar-refractivity contribution in [2.75, 3.05) is 13.1 Å². The standard InChI is InChI=1S/C10H15N3S/c1-3-13(4-2)7-9-8-14-10(12-9)5-6-11/h8H,3-5,7H2,1-2H3. The van der Waals surface area contributed by atoms with Crippen molar-refractivity contribution in [1.82, 2.24) is 9.88 Å². The first-order chi connectivity index (χ1) is 6.80. The van der Waals surface area contributed by atoms with Gasteiger partial charge >= 0.3 is 0 Å². The Hall–Kier alpha value is -0.920. The van der Waals surface area contributed by atoms with Gasteiger partial charge in [0.1, 0.15) is 5.01 Å². The summed E-state index contributed by atoms with van der Waals surface area (Å²) in [6.07, 6.45) is 0.433. The zero-order valence-electron chi connectivity index (χ0n) is 8.66. The Morgan fingerprint density at radius 1 is 1.50 bits per heavy atom. The lowest BCUT2D eigenvalue weighted by atomic mass is 10.4. The molecule has 76 valence electrons. The predicted octanol–water partition coefficient (Wildman–Crippen LogP) is 2.05. The van der Waals surface area contributed by atoms with Crippen LogP contribution in [0.2, 0.25) is 0 Å². The molecule has 0 aliphatic rings. The number of aromatic nitrogens is 1. The Labute approximate surface area is 89.0 Å². The summed E-state index contributed by atoms with van der Waals surface area (Å²) in [5.74, 6) is 0. The van der Waals surface area contributed by atoms with E-state index in [0.29, 0.717) is 6.42 Å². The minimum absolute atomic E-state index is 0.433. The van der Waals surface area contributed by atoms with Crippen LogP contribution in [0.15, 0.2) is 5.38 Å². The van der Waals surface area contributed by atoms with Crippen molar-refractivity contribution in [2.45, 2.75) is 26.8 Å². The van der Waals surface area contributed by atoms with E-state index in [4.69, 9.17) is 5.26 Å². The van der Waals surface area contributed by atoms with E-state index in [1.807, 2.05) is 5.38 Å². The first kappa shape index (κ1) is 11.2. The van der Waals surface area contributed by atoms with Crippen LogP contribution < -0.4 is 0 Å². The molecule has 0 fully saturated rings. The lowest BCUT2D eigenvalue weighted by molar-refractivity contribution is 0.293.